The number of nitrogens with two attached hydrogens (primary N) is 1. The minimum atomic E-state index is -0.883. The molecule has 0 atom stereocenters. The van der Waals surface area contributed by atoms with Crippen molar-refractivity contribution < 1.29 is 19.0 Å². The van der Waals surface area contributed by atoms with Crippen LogP contribution in [-0.2, 0) is 13.0 Å². The number of halogens is 2. The first-order chi connectivity index (χ1) is 14.9. The number of aliphatic hydroxyl groups excluding tert-OH is 1. The molecule has 31 heavy (non-hydrogen) atoms. The quantitative estimate of drug-likeness (QED) is 0.329. The second-order valence-electron chi connectivity index (χ2n) is 7.56. The van der Waals surface area contributed by atoms with Crippen LogP contribution in [-0.4, -0.2) is 62.1 Å². The number of anilines is 1. The Labute approximate surface area is 192 Å². The molecule has 3 aromatic rings. The molecule has 0 amide bonds. The molecule has 1 aliphatic heterocycles. The number of ether oxygens (including phenoxy) is 2. The lowest BCUT2D eigenvalue weighted by atomic mass is 10.1. The molecule has 166 valence electrons. The Kier molecular flexibility index (Phi) is 6.44. The summed E-state index contributed by atoms with van der Waals surface area (Å²) in [5.41, 5.74) is 7.69. The first-order valence-electron chi connectivity index (χ1n) is 9.98. The number of imidazole rings is 1. The van der Waals surface area contributed by atoms with Gasteiger partial charge in [-0.15, -0.1) is 0 Å². The van der Waals surface area contributed by atoms with Crippen molar-refractivity contribution in [1.82, 2.24) is 24.4 Å². The molecule has 3 N–H and O–H groups in total. The van der Waals surface area contributed by atoms with Gasteiger partial charge in [0.1, 0.15) is 5.82 Å². The molecule has 9 nitrogen and oxygen atoms in total. The maximum atomic E-state index is 14.0. The van der Waals surface area contributed by atoms with Gasteiger partial charge in [-0.2, -0.15) is 14.4 Å². The van der Waals surface area contributed by atoms with E-state index in [-0.39, 0.29) is 25.3 Å². The normalized spacial score (nSPS) is 13.1. The summed E-state index contributed by atoms with van der Waals surface area (Å²) in [6.07, 6.45) is -0.403. The highest BCUT2D eigenvalue weighted by molar-refractivity contribution is 14.1. The fourth-order valence-electron chi connectivity index (χ4n) is 3.66. The fraction of sp³-hybridized carbons (Fsp3) is 0.450. The van der Waals surface area contributed by atoms with Crippen molar-refractivity contribution in [2.24, 2.45) is 0 Å². The van der Waals surface area contributed by atoms with Crippen LogP contribution in [0.15, 0.2) is 12.1 Å². The second kappa shape index (κ2) is 9.09. The SMILES string of the molecule is CC(C)N(CCO)CCn1c(Cc2cc3c(cc2I)OCO3)nc2c(N)nc(F)nc21. The average Bonchev–Trinajstić information content (AvgIpc) is 3.29. The highest BCUT2D eigenvalue weighted by atomic mass is 127. The van der Waals surface area contributed by atoms with Crippen LogP contribution < -0.4 is 15.2 Å². The minimum Gasteiger partial charge on any atom is -0.454 e. The largest absolute Gasteiger partial charge is 0.454 e. The fourth-order valence-corrected chi connectivity index (χ4v) is 4.29. The molecule has 1 aliphatic rings. The number of nitrogen functional groups attached to an aromatic ring is 1. The molecule has 11 heteroatoms. The molecule has 0 spiro atoms. The zero-order valence-corrected chi connectivity index (χ0v) is 19.5. The lowest BCUT2D eigenvalue weighted by Crippen LogP contribution is -2.36. The third-order valence-electron chi connectivity index (χ3n) is 5.29. The number of benzene rings is 1. The van der Waals surface area contributed by atoms with Gasteiger partial charge in [0, 0.05) is 35.7 Å². The summed E-state index contributed by atoms with van der Waals surface area (Å²) in [6.45, 7) is 6.10. The van der Waals surface area contributed by atoms with Gasteiger partial charge in [0.05, 0.1) is 6.61 Å². The van der Waals surface area contributed by atoms with Crippen LogP contribution in [0.5, 0.6) is 11.5 Å². The van der Waals surface area contributed by atoms with E-state index >= 15 is 0 Å². The lowest BCUT2D eigenvalue weighted by molar-refractivity contribution is 0.161. The van der Waals surface area contributed by atoms with E-state index in [1.807, 2.05) is 16.7 Å². The van der Waals surface area contributed by atoms with Crippen LogP contribution in [0.2, 0.25) is 0 Å². The summed E-state index contributed by atoms with van der Waals surface area (Å²) < 4.78 is 27.8. The monoisotopic (exact) mass is 542 g/mol. The van der Waals surface area contributed by atoms with Gasteiger partial charge in [0.15, 0.2) is 28.5 Å². The van der Waals surface area contributed by atoms with Crippen molar-refractivity contribution in [3.05, 3.63) is 33.2 Å². The zero-order chi connectivity index (χ0) is 22.1. The van der Waals surface area contributed by atoms with Gasteiger partial charge in [0.2, 0.25) is 6.79 Å². The molecule has 0 fully saturated rings. The molecular weight excluding hydrogens is 518 g/mol. The maximum absolute atomic E-state index is 14.0. The molecule has 0 unspecified atom stereocenters. The smallest absolute Gasteiger partial charge is 0.312 e. The van der Waals surface area contributed by atoms with E-state index in [0.29, 0.717) is 48.8 Å². The molecule has 1 aromatic carbocycles. The third-order valence-corrected chi connectivity index (χ3v) is 6.30. The standard InChI is InChI=1S/C20H24FIN6O3/c1-11(2)27(5-6-29)3-4-28-16(24-17-18(23)25-20(21)26-19(17)28)8-12-7-14-15(9-13(12)22)31-10-30-14/h7,9,11,29H,3-6,8,10H2,1-2H3,(H2,23,25,26). The third kappa shape index (κ3) is 4.53. The maximum Gasteiger partial charge on any atom is 0.312 e. The van der Waals surface area contributed by atoms with E-state index < -0.39 is 6.08 Å². The number of hydrogen-bond donors (Lipinski definition) is 2. The summed E-state index contributed by atoms with van der Waals surface area (Å²) in [7, 11) is 0. The summed E-state index contributed by atoms with van der Waals surface area (Å²) in [6, 6.07) is 4.12. The van der Waals surface area contributed by atoms with Crippen molar-refractivity contribution in [1.29, 1.82) is 0 Å². The average molecular weight is 542 g/mol. The highest BCUT2D eigenvalue weighted by Crippen LogP contribution is 2.36. The minimum absolute atomic E-state index is 0.0129. The van der Waals surface area contributed by atoms with Gasteiger partial charge in [0.25, 0.3) is 0 Å². The Balaban J connectivity index is 1.72. The Morgan fingerprint density at radius 2 is 1.97 bits per heavy atom. The predicted octanol–water partition coefficient (Wildman–Crippen LogP) is 2.17. The van der Waals surface area contributed by atoms with Gasteiger partial charge in [-0.05, 0) is 54.1 Å². The Bertz CT molecular complexity index is 1110. The van der Waals surface area contributed by atoms with Crippen LogP contribution >= 0.6 is 22.6 Å². The van der Waals surface area contributed by atoms with E-state index in [1.165, 1.54) is 0 Å². The molecule has 0 aliphatic carbocycles. The molecule has 0 saturated heterocycles. The van der Waals surface area contributed by atoms with E-state index in [4.69, 9.17) is 15.2 Å². The summed E-state index contributed by atoms with van der Waals surface area (Å²) in [5.74, 6) is 2.12. The Hall–Kier alpha value is -2.25. The Morgan fingerprint density at radius 3 is 2.68 bits per heavy atom. The zero-order valence-electron chi connectivity index (χ0n) is 17.3. The number of aromatic nitrogens is 4. The number of fused-ring (bicyclic) bond motifs is 2. The molecule has 4 rings (SSSR count). The van der Waals surface area contributed by atoms with Crippen molar-refractivity contribution >= 4 is 39.6 Å². The topological polar surface area (TPSA) is 112 Å². The number of aliphatic hydroxyl groups is 1. The van der Waals surface area contributed by atoms with Crippen LogP contribution in [0.1, 0.15) is 25.2 Å². The van der Waals surface area contributed by atoms with E-state index in [1.54, 1.807) is 0 Å². The summed E-state index contributed by atoms with van der Waals surface area (Å²) in [5, 5.41) is 9.37. The Morgan fingerprint density at radius 1 is 1.23 bits per heavy atom. The summed E-state index contributed by atoms with van der Waals surface area (Å²) >= 11 is 2.25. The highest BCUT2D eigenvalue weighted by Gasteiger charge is 2.21. The van der Waals surface area contributed by atoms with E-state index in [9.17, 15) is 9.50 Å². The van der Waals surface area contributed by atoms with Gasteiger partial charge < -0.3 is 24.9 Å². The number of nitrogens with zero attached hydrogens (tertiary/aromatic N) is 5. The first kappa shape index (κ1) is 22.0. The van der Waals surface area contributed by atoms with Gasteiger partial charge >= 0.3 is 6.08 Å². The van der Waals surface area contributed by atoms with Gasteiger partial charge in [-0.25, -0.2) is 4.98 Å². The van der Waals surface area contributed by atoms with Crippen LogP contribution in [0.25, 0.3) is 11.2 Å². The van der Waals surface area contributed by atoms with Gasteiger partial charge in [-0.3, -0.25) is 4.90 Å². The molecular formula is C20H24FIN6O3. The molecule has 3 heterocycles. The van der Waals surface area contributed by atoms with Crippen molar-refractivity contribution in [3.63, 3.8) is 0 Å². The van der Waals surface area contributed by atoms with Crippen LogP contribution in [0.3, 0.4) is 0 Å². The molecule has 0 saturated carbocycles. The van der Waals surface area contributed by atoms with Crippen molar-refractivity contribution in [3.8, 4) is 11.5 Å². The van der Waals surface area contributed by atoms with E-state index in [0.717, 1.165) is 14.9 Å². The van der Waals surface area contributed by atoms with Gasteiger partial charge in [-0.1, -0.05) is 0 Å². The van der Waals surface area contributed by atoms with Crippen molar-refractivity contribution in [2.75, 3.05) is 32.2 Å². The molecule has 2 aromatic heterocycles. The summed E-state index contributed by atoms with van der Waals surface area (Å²) in [4.78, 5) is 14.4. The predicted molar refractivity (Wildman–Crippen MR) is 122 cm³/mol. The van der Waals surface area contributed by atoms with Crippen LogP contribution in [0.4, 0.5) is 10.2 Å². The molecule has 0 radical (unpaired) electrons. The van der Waals surface area contributed by atoms with Crippen LogP contribution in [0, 0.1) is 9.65 Å². The number of hydrogen-bond acceptors (Lipinski definition) is 8. The van der Waals surface area contributed by atoms with Crippen molar-refractivity contribution in [2.45, 2.75) is 32.9 Å². The first-order valence-corrected chi connectivity index (χ1v) is 11.1. The number of rotatable bonds is 8. The lowest BCUT2D eigenvalue weighted by Gasteiger charge is -2.26. The second-order valence-corrected chi connectivity index (χ2v) is 8.72. The van der Waals surface area contributed by atoms with E-state index in [2.05, 4.69) is 56.3 Å². The molecule has 0 bridgehead atoms.